The predicted octanol–water partition coefficient (Wildman–Crippen LogP) is 7.32. The number of allylic oxidation sites excluding steroid dienone is 1. The average Bonchev–Trinajstić information content (AvgIpc) is 3.13. The molecule has 0 bridgehead atoms. The van der Waals surface area contributed by atoms with Crippen molar-refractivity contribution in [2.45, 2.75) is 59.8 Å². The van der Waals surface area contributed by atoms with Gasteiger partial charge in [-0.25, -0.2) is 0 Å². The molecule has 0 radical (unpaired) electrons. The minimum absolute atomic E-state index is 0.296. The number of unbranched alkanes of at least 4 members (excludes halogenated alkanes) is 1. The summed E-state index contributed by atoms with van der Waals surface area (Å²) in [6.07, 6.45) is 5.30. The number of aromatic nitrogens is 1. The zero-order chi connectivity index (χ0) is 20.8. The van der Waals surface area contributed by atoms with Crippen molar-refractivity contribution in [3.8, 4) is 16.9 Å². The summed E-state index contributed by atoms with van der Waals surface area (Å²) in [5.74, 6) is 1.23. The SMILES string of the molecule is CCCC/C(CC)=C(/c1ccc(O)cc1)c1ccc(-c2c(C)noc2CC)cc1. The van der Waals surface area contributed by atoms with Crippen LogP contribution in [0.5, 0.6) is 5.75 Å². The molecule has 1 N–H and O–H groups in total. The van der Waals surface area contributed by atoms with Crippen LogP contribution in [-0.4, -0.2) is 10.3 Å². The lowest BCUT2D eigenvalue weighted by molar-refractivity contribution is 0.383. The second-order valence-corrected chi connectivity index (χ2v) is 7.48. The maximum Gasteiger partial charge on any atom is 0.144 e. The van der Waals surface area contributed by atoms with E-state index in [9.17, 15) is 5.11 Å². The maximum absolute atomic E-state index is 9.73. The Morgan fingerprint density at radius 2 is 1.55 bits per heavy atom. The Bertz CT molecular complexity index is 963. The number of hydrogen-bond acceptors (Lipinski definition) is 3. The zero-order valence-electron chi connectivity index (χ0n) is 18.0. The van der Waals surface area contributed by atoms with Crippen LogP contribution in [0.2, 0.25) is 0 Å². The van der Waals surface area contributed by atoms with Crippen LogP contribution in [0.3, 0.4) is 0 Å². The van der Waals surface area contributed by atoms with Crippen molar-refractivity contribution in [2.75, 3.05) is 0 Å². The quantitative estimate of drug-likeness (QED) is 0.439. The maximum atomic E-state index is 9.73. The molecule has 0 saturated heterocycles. The Kier molecular flexibility index (Phi) is 6.92. The first-order valence-corrected chi connectivity index (χ1v) is 10.7. The van der Waals surface area contributed by atoms with Gasteiger partial charge in [-0.15, -0.1) is 0 Å². The van der Waals surface area contributed by atoms with E-state index in [1.807, 2.05) is 19.1 Å². The first kappa shape index (κ1) is 20.9. The highest BCUT2D eigenvalue weighted by Crippen LogP contribution is 2.34. The predicted molar refractivity (Wildman–Crippen MR) is 120 cm³/mol. The van der Waals surface area contributed by atoms with Gasteiger partial charge < -0.3 is 9.63 Å². The minimum atomic E-state index is 0.296. The number of aromatic hydroxyl groups is 1. The molecule has 0 fully saturated rings. The van der Waals surface area contributed by atoms with Gasteiger partial charge in [-0.05, 0) is 60.6 Å². The largest absolute Gasteiger partial charge is 0.508 e. The highest BCUT2D eigenvalue weighted by molar-refractivity contribution is 5.83. The smallest absolute Gasteiger partial charge is 0.144 e. The first-order valence-electron chi connectivity index (χ1n) is 10.7. The molecule has 3 aromatic rings. The summed E-state index contributed by atoms with van der Waals surface area (Å²) < 4.78 is 5.47. The molecule has 0 spiro atoms. The Morgan fingerprint density at radius 1 is 0.931 bits per heavy atom. The van der Waals surface area contributed by atoms with Crippen molar-refractivity contribution in [1.82, 2.24) is 5.16 Å². The van der Waals surface area contributed by atoms with E-state index in [-0.39, 0.29) is 0 Å². The van der Waals surface area contributed by atoms with Crippen LogP contribution in [0.1, 0.15) is 69.0 Å². The van der Waals surface area contributed by atoms with Gasteiger partial charge in [-0.2, -0.15) is 0 Å². The molecule has 3 heteroatoms. The highest BCUT2D eigenvalue weighted by Gasteiger charge is 2.15. The molecular formula is C26H31NO2. The van der Waals surface area contributed by atoms with Gasteiger partial charge in [0.2, 0.25) is 0 Å². The molecule has 29 heavy (non-hydrogen) atoms. The van der Waals surface area contributed by atoms with Crippen LogP contribution in [0.25, 0.3) is 16.7 Å². The number of rotatable bonds is 8. The average molecular weight is 390 g/mol. The van der Waals surface area contributed by atoms with Crippen molar-refractivity contribution in [2.24, 2.45) is 0 Å². The summed E-state index contributed by atoms with van der Waals surface area (Å²) in [6.45, 7) is 8.54. The molecule has 3 rings (SSSR count). The third kappa shape index (κ3) is 4.61. The minimum Gasteiger partial charge on any atom is -0.508 e. The van der Waals surface area contributed by atoms with Gasteiger partial charge in [0.25, 0.3) is 0 Å². The van der Waals surface area contributed by atoms with E-state index in [4.69, 9.17) is 4.52 Å². The molecule has 3 nitrogen and oxygen atoms in total. The van der Waals surface area contributed by atoms with E-state index in [1.165, 1.54) is 29.6 Å². The number of hydrogen-bond donors (Lipinski definition) is 1. The molecular weight excluding hydrogens is 358 g/mol. The lowest BCUT2D eigenvalue weighted by Gasteiger charge is -2.16. The number of benzene rings is 2. The summed E-state index contributed by atoms with van der Waals surface area (Å²) in [6, 6.07) is 16.3. The van der Waals surface area contributed by atoms with Gasteiger partial charge in [-0.1, -0.05) is 74.3 Å². The monoisotopic (exact) mass is 389 g/mol. The molecule has 0 amide bonds. The molecule has 1 heterocycles. The van der Waals surface area contributed by atoms with Crippen LogP contribution in [0.4, 0.5) is 0 Å². The normalized spacial score (nSPS) is 12.1. The molecule has 152 valence electrons. The van der Waals surface area contributed by atoms with Gasteiger partial charge in [-0.3, -0.25) is 0 Å². The van der Waals surface area contributed by atoms with Crippen LogP contribution < -0.4 is 0 Å². The molecule has 0 aliphatic heterocycles. The number of phenols is 1. The number of phenolic OH excluding ortho intramolecular Hbond substituents is 1. The first-order chi connectivity index (χ1) is 14.1. The van der Waals surface area contributed by atoms with Gasteiger partial charge in [0.15, 0.2) is 0 Å². The van der Waals surface area contributed by atoms with Gasteiger partial charge >= 0.3 is 0 Å². The van der Waals surface area contributed by atoms with E-state index < -0.39 is 0 Å². The van der Waals surface area contributed by atoms with Gasteiger partial charge in [0.1, 0.15) is 11.5 Å². The van der Waals surface area contributed by atoms with E-state index in [0.29, 0.717) is 5.75 Å². The summed E-state index contributed by atoms with van der Waals surface area (Å²) in [5.41, 5.74) is 8.28. The van der Waals surface area contributed by atoms with Crippen molar-refractivity contribution in [3.05, 3.63) is 76.7 Å². The fraction of sp³-hybridized carbons (Fsp3) is 0.346. The van der Waals surface area contributed by atoms with E-state index in [0.717, 1.165) is 47.4 Å². The lowest BCUT2D eigenvalue weighted by atomic mass is 9.88. The van der Waals surface area contributed by atoms with Crippen LogP contribution in [0, 0.1) is 6.92 Å². The molecule has 2 aromatic carbocycles. The van der Waals surface area contributed by atoms with E-state index >= 15 is 0 Å². The fourth-order valence-corrected chi connectivity index (χ4v) is 3.90. The molecule has 0 aliphatic carbocycles. The summed E-state index contributed by atoms with van der Waals surface area (Å²) in [4.78, 5) is 0. The lowest BCUT2D eigenvalue weighted by Crippen LogP contribution is -1.96. The summed E-state index contributed by atoms with van der Waals surface area (Å²) >= 11 is 0. The second kappa shape index (κ2) is 9.60. The number of nitrogens with zero attached hydrogens (tertiary/aromatic N) is 1. The zero-order valence-corrected chi connectivity index (χ0v) is 18.0. The Labute approximate surface area is 174 Å². The molecule has 0 unspecified atom stereocenters. The second-order valence-electron chi connectivity index (χ2n) is 7.48. The van der Waals surface area contributed by atoms with Crippen molar-refractivity contribution in [3.63, 3.8) is 0 Å². The number of aryl methyl sites for hydroxylation is 2. The molecule has 1 aromatic heterocycles. The van der Waals surface area contributed by atoms with Crippen LogP contribution >= 0.6 is 0 Å². The van der Waals surface area contributed by atoms with Crippen molar-refractivity contribution >= 4 is 5.57 Å². The van der Waals surface area contributed by atoms with Gasteiger partial charge in [0, 0.05) is 12.0 Å². The van der Waals surface area contributed by atoms with Crippen molar-refractivity contribution < 1.29 is 9.63 Å². The summed E-state index contributed by atoms with van der Waals surface area (Å²) in [7, 11) is 0. The highest BCUT2D eigenvalue weighted by atomic mass is 16.5. The van der Waals surface area contributed by atoms with Crippen molar-refractivity contribution in [1.29, 1.82) is 0 Å². The topological polar surface area (TPSA) is 46.3 Å². The Morgan fingerprint density at radius 3 is 2.10 bits per heavy atom. The molecule has 0 aliphatic rings. The Hall–Kier alpha value is -2.81. The molecule has 0 atom stereocenters. The third-order valence-electron chi connectivity index (χ3n) is 5.49. The van der Waals surface area contributed by atoms with E-state index in [1.54, 1.807) is 12.1 Å². The van der Waals surface area contributed by atoms with Gasteiger partial charge in [0.05, 0.1) is 5.69 Å². The summed E-state index contributed by atoms with van der Waals surface area (Å²) in [5, 5.41) is 13.9. The van der Waals surface area contributed by atoms with E-state index in [2.05, 4.69) is 50.2 Å². The fourth-order valence-electron chi connectivity index (χ4n) is 3.90. The van der Waals surface area contributed by atoms with Crippen LogP contribution in [-0.2, 0) is 6.42 Å². The third-order valence-corrected chi connectivity index (χ3v) is 5.49. The Balaban J connectivity index is 2.07. The molecule has 0 saturated carbocycles. The van der Waals surface area contributed by atoms with Crippen LogP contribution in [0.15, 0.2) is 58.6 Å². The standard InChI is InChI=1S/C26H31NO2/c1-5-8-9-19(6-2)26(22-14-16-23(28)17-15-22)21-12-10-20(11-13-21)25-18(4)27-29-24(25)7-3/h10-17,28H,5-9H2,1-4H3/b26-19+.